The van der Waals surface area contributed by atoms with Crippen LogP contribution >= 0.6 is 0 Å². The van der Waals surface area contributed by atoms with Crippen LogP contribution in [0.5, 0.6) is 0 Å². The maximum absolute atomic E-state index is 13.0. The molecule has 0 aromatic carbocycles. The fourth-order valence-electron chi connectivity index (χ4n) is 3.48. The monoisotopic (exact) mass is 296 g/mol. The molecule has 21 heavy (non-hydrogen) atoms. The Morgan fingerprint density at radius 1 is 1.33 bits per heavy atom. The summed E-state index contributed by atoms with van der Waals surface area (Å²) in [6.07, 6.45) is 3.19. The van der Waals surface area contributed by atoms with Crippen LogP contribution in [0.15, 0.2) is 0 Å². The van der Waals surface area contributed by atoms with E-state index in [1.165, 1.54) is 0 Å². The average molecular weight is 296 g/mol. The van der Waals surface area contributed by atoms with E-state index in [1.54, 1.807) is 0 Å². The number of carbonyl (C=O) groups is 2. The SMILES string of the molecule is CCCC1NC(=O)C(C(C)C)N(C2(C)CCOCC2)C1=O. The first-order chi connectivity index (χ1) is 9.90. The lowest BCUT2D eigenvalue weighted by molar-refractivity contribution is -0.163. The molecule has 120 valence electrons. The molecule has 0 aromatic rings. The van der Waals surface area contributed by atoms with E-state index in [1.807, 2.05) is 25.7 Å². The largest absolute Gasteiger partial charge is 0.381 e. The third-order valence-corrected chi connectivity index (χ3v) is 4.76. The molecule has 0 aromatic heterocycles. The molecular weight excluding hydrogens is 268 g/mol. The van der Waals surface area contributed by atoms with Crippen molar-refractivity contribution < 1.29 is 14.3 Å². The Bertz CT molecular complexity index is 402. The second kappa shape index (κ2) is 6.34. The fraction of sp³-hybridized carbons (Fsp3) is 0.875. The molecular formula is C16H28N2O3. The van der Waals surface area contributed by atoms with Gasteiger partial charge in [-0.25, -0.2) is 0 Å². The molecule has 2 aliphatic heterocycles. The van der Waals surface area contributed by atoms with Gasteiger partial charge in [-0.05, 0) is 32.1 Å². The lowest BCUT2D eigenvalue weighted by Gasteiger charge is -2.52. The fourth-order valence-corrected chi connectivity index (χ4v) is 3.48. The van der Waals surface area contributed by atoms with Crippen LogP contribution in [0.3, 0.4) is 0 Å². The van der Waals surface area contributed by atoms with E-state index in [0.29, 0.717) is 19.6 Å². The van der Waals surface area contributed by atoms with Crippen LogP contribution in [0, 0.1) is 5.92 Å². The third kappa shape index (κ3) is 3.07. The van der Waals surface area contributed by atoms with Crippen molar-refractivity contribution >= 4 is 11.8 Å². The first-order valence-corrected chi connectivity index (χ1v) is 8.12. The van der Waals surface area contributed by atoms with Crippen molar-refractivity contribution in [3.63, 3.8) is 0 Å². The van der Waals surface area contributed by atoms with Crippen molar-refractivity contribution in [1.29, 1.82) is 0 Å². The zero-order valence-electron chi connectivity index (χ0n) is 13.6. The first kappa shape index (κ1) is 16.3. The van der Waals surface area contributed by atoms with Crippen LogP contribution in [-0.4, -0.2) is 47.6 Å². The summed E-state index contributed by atoms with van der Waals surface area (Å²) in [6.45, 7) is 9.47. The van der Waals surface area contributed by atoms with Crippen molar-refractivity contribution in [1.82, 2.24) is 10.2 Å². The lowest BCUT2D eigenvalue weighted by atomic mass is 9.83. The molecule has 2 unspecified atom stereocenters. The first-order valence-electron chi connectivity index (χ1n) is 8.12. The number of nitrogens with one attached hydrogen (secondary N) is 1. The highest BCUT2D eigenvalue weighted by molar-refractivity contribution is 5.97. The van der Waals surface area contributed by atoms with Gasteiger partial charge in [0.2, 0.25) is 11.8 Å². The maximum atomic E-state index is 13.0. The molecule has 0 spiro atoms. The molecule has 2 rings (SSSR count). The number of ether oxygens (including phenoxy) is 1. The van der Waals surface area contributed by atoms with Gasteiger partial charge in [0.1, 0.15) is 12.1 Å². The van der Waals surface area contributed by atoms with Crippen molar-refractivity contribution in [3.05, 3.63) is 0 Å². The smallest absolute Gasteiger partial charge is 0.246 e. The predicted molar refractivity (Wildman–Crippen MR) is 80.8 cm³/mol. The van der Waals surface area contributed by atoms with Gasteiger partial charge in [0.05, 0.1) is 0 Å². The molecule has 1 N–H and O–H groups in total. The summed E-state index contributed by atoms with van der Waals surface area (Å²) in [5.74, 6) is 0.187. The highest BCUT2D eigenvalue weighted by atomic mass is 16.5. The normalized spacial score (nSPS) is 29.7. The van der Waals surface area contributed by atoms with Gasteiger partial charge in [-0.1, -0.05) is 27.2 Å². The van der Waals surface area contributed by atoms with E-state index in [-0.39, 0.29) is 35.4 Å². The molecule has 2 fully saturated rings. The number of nitrogens with zero attached hydrogens (tertiary/aromatic N) is 1. The predicted octanol–water partition coefficient (Wildman–Crippen LogP) is 1.71. The molecule has 0 radical (unpaired) electrons. The summed E-state index contributed by atoms with van der Waals surface area (Å²) in [7, 11) is 0. The van der Waals surface area contributed by atoms with Gasteiger partial charge in [-0.15, -0.1) is 0 Å². The minimum atomic E-state index is -0.367. The molecule has 2 heterocycles. The Morgan fingerprint density at radius 3 is 2.48 bits per heavy atom. The zero-order valence-corrected chi connectivity index (χ0v) is 13.6. The van der Waals surface area contributed by atoms with Gasteiger partial charge in [0.15, 0.2) is 0 Å². The summed E-state index contributed by atoms with van der Waals surface area (Å²) in [4.78, 5) is 27.4. The highest BCUT2D eigenvalue weighted by Crippen LogP contribution is 2.34. The van der Waals surface area contributed by atoms with E-state index in [2.05, 4.69) is 12.2 Å². The van der Waals surface area contributed by atoms with E-state index in [0.717, 1.165) is 19.3 Å². The molecule has 5 heteroatoms. The van der Waals surface area contributed by atoms with Crippen LogP contribution in [0.1, 0.15) is 53.4 Å². The third-order valence-electron chi connectivity index (χ3n) is 4.76. The number of rotatable bonds is 4. The summed E-state index contributed by atoms with van der Waals surface area (Å²) in [6, 6.07) is -0.731. The summed E-state index contributed by atoms with van der Waals surface area (Å²) in [5.41, 5.74) is -0.270. The second-order valence-corrected chi connectivity index (χ2v) is 6.86. The van der Waals surface area contributed by atoms with E-state index in [9.17, 15) is 9.59 Å². The highest BCUT2D eigenvalue weighted by Gasteiger charge is 2.49. The van der Waals surface area contributed by atoms with Crippen LogP contribution < -0.4 is 5.32 Å². The average Bonchev–Trinajstić information content (AvgIpc) is 2.42. The minimum Gasteiger partial charge on any atom is -0.381 e. The van der Waals surface area contributed by atoms with Crippen molar-refractivity contribution in [3.8, 4) is 0 Å². The number of piperazine rings is 1. The molecule has 2 amide bonds. The van der Waals surface area contributed by atoms with Crippen LogP contribution in [0.4, 0.5) is 0 Å². The van der Waals surface area contributed by atoms with E-state index < -0.39 is 0 Å². The maximum Gasteiger partial charge on any atom is 0.246 e. The molecule has 5 nitrogen and oxygen atoms in total. The molecule has 0 aliphatic carbocycles. The standard InChI is InChI=1S/C16H28N2O3/c1-5-6-12-15(20)18(13(11(2)3)14(19)17-12)16(4)7-9-21-10-8-16/h11-13H,5-10H2,1-4H3,(H,17,19). The Kier molecular flexibility index (Phi) is 4.91. The second-order valence-electron chi connectivity index (χ2n) is 6.86. The summed E-state index contributed by atoms with van der Waals surface area (Å²) < 4.78 is 5.45. The Morgan fingerprint density at radius 2 is 1.95 bits per heavy atom. The zero-order chi connectivity index (χ0) is 15.6. The number of amides is 2. The van der Waals surface area contributed by atoms with Crippen LogP contribution in [0.25, 0.3) is 0 Å². The quantitative estimate of drug-likeness (QED) is 0.859. The Balaban J connectivity index is 2.33. The van der Waals surface area contributed by atoms with E-state index >= 15 is 0 Å². The Labute approximate surface area is 127 Å². The molecule has 2 saturated heterocycles. The molecule has 0 bridgehead atoms. The van der Waals surface area contributed by atoms with Crippen molar-refractivity contribution in [2.75, 3.05) is 13.2 Å². The van der Waals surface area contributed by atoms with Crippen LogP contribution in [0.2, 0.25) is 0 Å². The van der Waals surface area contributed by atoms with Gasteiger partial charge < -0.3 is 15.0 Å². The molecule has 2 atom stereocenters. The van der Waals surface area contributed by atoms with Crippen LogP contribution in [-0.2, 0) is 14.3 Å². The number of hydrogen-bond donors (Lipinski definition) is 1. The molecule has 0 saturated carbocycles. The topological polar surface area (TPSA) is 58.6 Å². The Hall–Kier alpha value is -1.10. The minimum absolute atomic E-state index is 0.00392. The summed E-state index contributed by atoms with van der Waals surface area (Å²) >= 11 is 0. The lowest BCUT2D eigenvalue weighted by Crippen LogP contribution is -2.70. The van der Waals surface area contributed by atoms with Gasteiger partial charge in [0.25, 0.3) is 0 Å². The van der Waals surface area contributed by atoms with Gasteiger partial charge >= 0.3 is 0 Å². The number of carbonyl (C=O) groups excluding carboxylic acids is 2. The van der Waals surface area contributed by atoms with Gasteiger partial charge in [-0.3, -0.25) is 9.59 Å². The van der Waals surface area contributed by atoms with Crippen molar-refractivity contribution in [2.24, 2.45) is 5.92 Å². The van der Waals surface area contributed by atoms with Gasteiger partial charge in [-0.2, -0.15) is 0 Å². The van der Waals surface area contributed by atoms with Gasteiger partial charge in [0, 0.05) is 18.8 Å². The number of hydrogen-bond acceptors (Lipinski definition) is 3. The molecule has 2 aliphatic rings. The van der Waals surface area contributed by atoms with Crippen molar-refractivity contribution in [2.45, 2.75) is 71.0 Å². The van der Waals surface area contributed by atoms with E-state index in [4.69, 9.17) is 4.74 Å². The summed E-state index contributed by atoms with van der Waals surface area (Å²) in [5, 5.41) is 2.92.